The topological polar surface area (TPSA) is 103 Å². The van der Waals surface area contributed by atoms with Crippen LogP contribution < -0.4 is 11.1 Å². The van der Waals surface area contributed by atoms with E-state index in [0.29, 0.717) is 5.56 Å². The van der Waals surface area contributed by atoms with E-state index in [1.807, 2.05) is 0 Å². The number of halogens is 2. The zero-order valence-electron chi connectivity index (χ0n) is 9.26. The second kappa shape index (κ2) is 5.68. The van der Waals surface area contributed by atoms with Gasteiger partial charge in [0.15, 0.2) is 11.6 Å². The number of anilines is 1. The van der Waals surface area contributed by atoms with Gasteiger partial charge in [-0.05, 0) is 17.7 Å². The van der Waals surface area contributed by atoms with Crippen molar-refractivity contribution in [3.05, 3.63) is 44.4 Å². The number of benzene rings is 1. The Bertz CT molecular complexity index is 663. The minimum absolute atomic E-state index is 0.116. The molecule has 0 saturated carbocycles. The van der Waals surface area contributed by atoms with Crippen LogP contribution in [0.2, 0.25) is 10.0 Å². The number of hydrazone groups is 1. The van der Waals surface area contributed by atoms with Crippen molar-refractivity contribution in [1.29, 1.82) is 0 Å². The lowest BCUT2D eigenvalue weighted by Gasteiger charge is -2.01. The van der Waals surface area contributed by atoms with E-state index < -0.39 is 5.69 Å². The fourth-order valence-corrected chi connectivity index (χ4v) is 1.70. The summed E-state index contributed by atoms with van der Waals surface area (Å²) in [4.78, 5) is 14.4. The van der Waals surface area contributed by atoms with Gasteiger partial charge in [0.1, 0.15) is 0 Å². The first-order valence-corrected chi connectivity index (χ1v) is 5.70. The molecule has 3 N–H and O–H groups in total. The second-order valence-electron chi connectivity index (χ2n) is 3.38. The Labute approximate surface area is 116 Å². The van der Waals surface area contributed by atoms with Gasteiger partial charge in [-0.2, -0.15) is 15.2 Å². The van der Waals surface area contributed by atoms with Crippen LogP contribution in [0.15, 0.2) is 28.2 Å². The smallest absolute Gasteiger partial charge is 0.363 e. The van der Waals surface area contributed by atoms with Crippen LogP contribution >= 0.6 is 23.2 Å². The fourth-order valence-electron chi connectivity index (χ4n) is 1.20. The van der Waals surface area contributed by atoms with E-state index in [-0.39, 0.29) is 21.6 Å². The molecule has 9 heteroatoms. The number of nitrogens with one attached hydrogen (secondary N) is 2. The number of aromatic nitrogens is 3. The lowest BCUT2D eigenvalue weighted by Crippen LogP contribution is -2.13. The van der Waals surface area contributed by atoms with Crippen LogP contribution in [0.25, 0.3) is 0 Å². The largest absolute Gasteiger partial charge is 0.505 e. The highest BCUT2D eigenvalue weighted by Crippen LogP contribution is 2.32. The third kappa shape index (κ3) is 3.43. The molecule has 0 fully saturated rings. The van der Waals surface area contributed by atoms with Crippen LogP contribution in [0, 0.1) is 0 Å². The molecule has 2 rings (SSSR count). The van der Waals surface area contributed by atoms with Crippen LogP contribution in [-0.4, -0.2) is 26.5 Å². The maximum absolute atomic E-state index is 10.9. The van der Waals surface area contributed by atoms with Gasteiger partial charge in [0.05, 0.1) is 22.5 Å². The van der Waals surface area contributed by atoms with Crippen molar-refractivity contribution >= 4 is 35.2 Å². The second-order valence-corrected chi connectivity index (χ2v) is 4.19. The molecule has 0 aliphatic carbocycles. The standard InChI is InChI=1S/C10H7Cl2N5O2/c11-6-1-5(2-7(12)9(6)18)3-13-16-8-4-14-17-10(19)15-8/h1-4,18H,(H2,15,16,17,19)/b13-3+. The van der Waals surface area contributed by atoms with Gasteiger partial charge < -0.3 is 5.11 Å². The zero-order valence-corrected chi connectivity index (χ0v) is 10.8. The normalized spacial score (nSPS) is 10.8. The summed E-state index contributed by atoms with van der Waals surface area (Å²) >= 11 is 11.5. The predicted octanol–water partition coefficient (Wildman–Crippen LogP) is 1.62. The van der Waals surface area contributed by atoms with Crippen LogP contribution in [-0.2, 0) is 0 Å². The van der Waals surface area contributed by atoms with Gasteiger partial charge in [0, 0.05) is 0 Å². The predicted molar refractivity (Wildman–Crippen MR) is 72.0 cm³/mol. The van der Waals surface area contributed by atoms with E-state index in [1.165, 1.54) is 24.5 Å². The Hall–Kier alpha value is -2.12. The van der Waals surface area contributed by atoms with E-state index in [0.717, 1.165) is 0 Å². The Kier molecular flexibility index (Phi) is 3.98. The number of nitrogens with zero attached hydrogens (tertiary/aromatic N) is 3. The average Bonchev–Trinajstić information content (AvgIpc) is 2.36. The lowest BCUT2D eigenvalue weighted by molar-refractivity contribution is 0.476. The quantitative estimate of drug-likeness (QED) is 0.590. The van der Waals surface area contributed by atoms with E-state index in [4.69, 9.17) is 23.2 Å². The van der Waals surface area contributed by atoms with Gasteiger partial charge in [-0.25, -0.2) is 9.89 Å². The number of hydrogen-bond acceptors (Lipinski definition) is 6. The van der Waals surface area contributed by atoms with Crippen LogP contribution in [0.3, 0.4) is 0 Å². The number of phenols is 1. The molecule has 0 spiro atoms. The number of hydrogen-bond donors (Lipinski definition) is 3. The third-order valence-electron chi connectivity index (χ3n) is 2.00. The fraction of sp³-hybridized carbons (Fsp3) is 0. The molecule has 98 valence electrons. The first-order valence-electron chi connectivity index (χ1n) is 4.95. The summed E-state index contributed by atoms with van der Waals surface area (Å²) in [5, 5.41) is 19.1. The number of H-pyrrole nitrogens is 1. The molecule has 0 radical (unpaired) electrons. The molecule has 0 unspecified atom stereocenters. The summed E-state index contributed by atoms with van der Waals surface area (Å²) in [6.07, 6.45) is 2.70. The summed E-state index contributed by atoms with van der Waals surface area (Å²) in [5.41, 5.74) is 2.50. The van der Waals surface area contributed by atoms with Gasteiger partial charge in [-0.1, -0.05) is 23.2 Å². The van der Waals surface area contributed by atoms with Gasteiger partial charge in [-0.15, -0.1) is 0 Å². The van der Waals surface area contributed by atoms with Crippen LogP contribution in [0.1, 0.15) is 5.56 Å². The Balaban J connectivity index is 2.13. The lowest BCUT2D eigenvalue weighted by atomic mass is 10.2. The van der Waals surface area contributed by atoms with Crippen molar-refractivity contribution in [3.8, 4) is 5.75 Å². The molecule has 19 heavy (non-hydrogen) atoms. The Morgan fingerprint density at radius 1 is 1.37 bits per heavy atom. The van der Waals surface area contributed by atoms with Crippen molar-refractivity contribution in [3.63, 3.8) is 0 Å². The highest BCUT2D eigenvalue weighted by molar-refractivity contribution is 6.37. The molecule has 0 atom stereocenters. The number of aromatic amines is 1. The molecular weight excluding hydrogens is 293 g/mol. The molecule has 0 bridgehead atoms. The average molecular weight is 300 g/mol. The molecule has 7 nitrogen and oxygen atoms in total. The minimum atomic E-state index is -0.587. The van der Waals surface area contributed by atoms with Crippen molar-refractivity contribution < 1.29 is 5.11 Å². The maximum atomic E-state index is 10.9. The van der Waals surface area contributed by atoms with E-state index in [2.05, 4.69) is 25.7 Å². The van der Waals surface area contributed by atoms with Gasteiger partial charge in [0.25, 0.3) is 0 Å². The van der Waals surface area contributed by atoms with Crippen molar-refractivity contribution in [2.24, 2.45) is 5.10 Å². The Morgan fingerprint density at radius 3 is 2.68 bits per heavy atom. The minimum Gasteiger partial charge on any atom is -0.505 e. The van der Waals surface area contributed by atoms with Crippen molar-refractivity contribution in [2.45, 2.75) is 0 Å². The van der Waals surface area contributed by atoms with E-state index in [1.54, 1.807) is 0 Å². The monoisotopic (exact) mass is 299 g/mol. The summed E-state index contributed by atoms with van der Waals surface area (Å²) < 4.78 is 0. The number of rotatable bonds is 3. The maximum Gasteiger partial charge on any atom is 0.363 e. The molecule has 0 amide bonds. The third-order valence-corrected chi connectivity index (χ3v) is 2.58. The van der Waals surface area contributed by atoms with Crippen molar-refractivity contribution in [1.82, 2.24) is 15.2 Å². The Morgan fingerprint density at radius 2 is 2.05 bits per heavy atom. The van der Waals surface area contributed by atoms with Crippen LogP contribution in [0.4, 0.5) is 5.82 Å². The summed E-state index contributed by atoms with van der Waals surface area (Å²) in [7, 11) is 0. The molecule has 1 heterocycles. The number of aromatic hydroxyl groups is 1. The van der Waals surface area contributed by atoms with E-state index >= 15 is 0 Å². The van der Waals surface area contributed by atoms with Gasteiger partial charge in [-0.3, -0.25) is 5.43 Å². The highest BCUT2D eigenvalue weighted by Gasteiger charge is 2.05. The van der Waals surface area contributed by atoms with Crippen LogP contribution in [0.5, 0.6) is 5.75 Å². The van der Waals surface area contributed by atoms with E-state index in [9.17, 15) is 9.90 Å². The molecule has 1 aromatic carbocycles. The molecule has 0 saturated heterocycles. The van der Waals surface area contributed by atoms with Crippen molar-refractivity contribution in [2.75, 3.05) is 5.43 Å². The van der Waals surface area contributed by atoms with Gasteiger partial charge in [0.2, 0.25) is 0 Å². The zero-order chi connectivity index (χ0) is 13.8. The molecule has 2 aromatic rings. The SMILES string of the molecule is O=c1nc(N/N=C/c2cc(Cl)c(O)c(Cl)c2)cn[nH]1. The molecule has 1 aromatic heterocycles. The summed E-state index contributed by atoms with van der Waals surface area (Å²) in [6.45, 7) is 0. The molecule has 0 aliphatic rings. The van der Waals surface area contributed by atoms with Gasteiger partial charge >= 0.3 is 5.69 Å². The first-order chi connectivity index (χ1) is 9.06. The molecule has 0 aliphatic heterocycles. The first kappa shape index (κ1) is 13.3. The summed E-state index contributed by atoms with van der Waals surface area (Å²) in [5.74, 6) is 0.00451. The highest BCUT2D eigenvalue weighted by atomic mass is 35.5. The summed E-state index contributed by atoms with van der Waals surface area (Å²) in [6, 6.07) is 2.97. The molecular formula is C10H7Cl2N5O2. The number of phenolic OH excluding ortho intramolecular Hbond substituents is 1.